The van der Waals surface area contributed by atoms with Gasteiger partial charge in [-0.1, -0.05) is 48.0 Å². The number of ether oxygens (including phenoxy) is 1. The van der Waals surface area contributed by atoms with Crippen molar-refractivity contribution < 1.29 is 4.74 Å². The van der Waals surface area contributed by atoms with Crippen LogP contribution in [0.2, 0.25) is 5.02 Å². The standard InChI is InChI=1S/C31H33ClN6O/c1-22-16-29(31-33-27-10-8-24(17-28(27)34-31)19-37-14-12-36(2)13-15-37)35-38(22)20-25-18-26(32)9-11-30(25)39-21-23-6-4-3-5-7-23/h3-11,16-18H,12-15,19-21H2,1-2H3,(H,33,34). The zero-order valence-electron chi connectivity index (χ0n) is 22.4. The van der Waals surface area contributed by atoms with Crippen molar-refractivity contribution in [3.05, 3.63) is 100 Å². The number of imidazole rings is 1. The van der Waals surface area contributed by atoms with Gasteiger partial charge in [0.2, 0.25) is 0 Å². The number of halogens is 1. The molecule has 200 valence electrons. The number of likely N-dealkylation sites (N-methyl/N-ethyl adjacent to an activating group) is 1. The second-order valence-electron chi connectivity index (χ2n) is 10.4. The first kappa shape index (κ1) is 25.6. The first-order chi connectivity index (χ1) is 19.0. The smallest absolute Gasteiger partial charge is 0.159 e. The van der Waals surface area contributed by atoms with Crippen LogP contribution >= 0.6 is 11.6 Å². The minimum absolute atomic E-state index is 0.495. The van der Waals surface area contributed by atoms with Crippen LogP contribution in [0.25, 0.3) is 22.6 Å². The molecule has 8 heteroatoms. The Kier molecular flexibility index (Phi) is 7.37. The summed E-state index contributed by atoms with van der Waals surface area (Å²) in [4.78, 5) is 13.2. The summed E-state index contributed by atoms with van der Waals surface area (Å²) in [6.07, 6.45) is 0. The molecular formula is C31H33ClN6O. The summed E-state index contributed by atoms with van der Waals surface area (Å²) in [5, 5.41) is 5.57. The maximum atomic E-state index is 6.36. The van der Waals surface area contributed by atoms with E-state index >= 15 is 0 Å². The summed E-state index contributed by atoms with van der Waals surface area (Å²) in [5.74, 6) is 1.58. The molecule has 0 bridgehead atoms. The summed E-state index contributed by atoms with van der Waals surface area (Å²) >= 11 is 6.36. The van der Waals surface area contributed by atoms with E-state index in [2.05, 4.69) is 65.2 Å². The molecule has 0 spiro atoms. The van der Waals surface area contributed by atoms with E-state index in [4.69, 9.17) is 26.4 Å². The third-order valence-corrected chi connectivity index (χ3v) is 7.59. The van der Waals surface area contributed by atoms with Crippen molar-refractivity contribution in [2.75, 3.05) is 33.2 Å². The summed E-state index contributed by atoms with van der Waals surface area (Å²) in [5.41, 5.74) is 7.24. The second kappa shape index (κ2) is 11.2. The predicted molar refractivity (Wildman–Crippen MR) is 156 cm³/mol. The van der Waals surface area contributed by atoms with Gasteiger partial charge in [-0.2, -0.15) is 5.10 Å². The van der Waals surface area contributed by atoms with Crippen LogP contribution in [-0.4, -0.2) is 62.8 Å². The monoisotopic (exact) mass is 540 g/mol. The van der Waals surface area contributed by atoms with Gasteiger partial charge < -0.3 is 14.6 Å². The van der Waals surface area contributed by atoms with Gasteiger partial charge in [-0.25, -0.2) is 4.98 Å². The fourth-order valence-electron chi connectivity index (χ4n) is 5.04. The lowest BCUT2D eigenvalue weighted by atomic mass is 10.1. The van der Waals surface area contributed by atoms with Crippen molar-refractivity contribution in [2.24, 2.45) is 0 Å². The molecule has 1 saturated heterocycles. The van der Waals surface area contributed by atoms with Gasteiger partial charge >= 0.3 is 0 Å². The number of piperazine rings is 1. The molecule has 1 N–H and O–H groups in total. The first-order valence-electron chi connectivity index (χ1n) is 13.4. The molecule has 0 radical (unpaired) electrons. The molecule has 39 heavy (non-hydrogen) atoms. The first-order valence-corrected chi connectivity index (χ1v) is 13.8. The van der Waals surface area contributed by atoms with Crippen LogP contribution in [-0.2, 0) is 19.7 Å². The number of fused-ring (bicyclic) bond motifs is 1. The zero-order valence-corrected chi connectivity index (χ0v) is 23.2. The van der Waals surface area contributed by atoms with E-state index in [-0.39, 0.29) is 0 Å². The van der Waals surface area contributed by atoms with Crippen LogP contribution < -0.4 is 4.74 Å². The molecule has 0 saturated carbocycles. The average molecular weight is 541 g/mol. The van der Waals surface area contributed by atoms with Crippen molar-refractivity contribution >= 4 is 22.6 Å². The van der Waals surface area contributed by atoms with Crippen LogP contribution in [0.1, 0.15) is 22.4 Å². The van der Waals surface area contributed by atoms with Crippen LogP contribution in [0, 0.1) is 6.92 Å². The normalized spacial score (nSPS) is 14.7. The largest absolute Gasteiger partial charge is 0.489 e. The number of nitrogens with one attached hydrogen (secondary N) is 1. The van der Waals surface area contributed by atoms with Gasteiger partial charge in [0.15, 0.2) is 5.82 Å². The van der Waals surface area contributed by atoms with E-state index in [0.717, 1.165) is 77.8 Å². The summed E-state index contributed by atoms with van der Waals surface area (Å²) in [6.45, 7) is 8.50. The average Bonchev–Trinajstić information content (AvgIpc) is 3.53. The zero-order chi connectivity index (χ0) is 26.8. The van der Waals surface area contributed by atoms with E-state index in [1.54, 1.807) is 0 Å². The Morgan fingerprint density at radius 2 is 1.72 bits per heavy atom. The molecule has 7 nitrogen and oxygen atoms in total. The van der Waals surface area contributed by atoms with Gasteiger partial charge in [-0.05, 0) is 61.5 Å². The molecule has 1 aliphatic heterocycles. The molecule has 1 aliphatic rings. The van der Waals surface area contributed by atoms with Crippen LogP contribution in [0.15, 0.2) is 72.8 Å². The molecule has 1 fully saturated rings. The highest BCUT2D eigenvalue weighted by Gasteiger charge is 2.16. The molecule has 2 aromatic heterocycles. The SMILES string of the molecule is Cc1cc(-c2nc3ccc(CN4CCN(C)CC4)cc3[nH]2)nn1Cc1cc(Cl)ccc1OCc1ccccc1. The van der Waals surface area contributed by atoms with Crippen molar-refractivity contribution in [1.29, 1.82) is 0 Å². The van der Waals surface area contributed by atoms with Crippen LogP contribution in [0.3, 0.4) is 0 Å². The maximum absolute atomic E-state index is 6.36. The highest BCUT2D eigenvalue weighted by Crippen LogP contribution is 2.27. The molecule has 5 aromatic rings. The minimum atomic E-state index is 0.495. The Morgan fingerprint density at radius 1 is 0.897 bits per heavy atom. The molecule has 6 rings (SSSR count). The van der Waals surface area contributed by atoms with E-state index in [9.17, 15) is 0 Å². The molecule has 0 atom stereocenters. The lowest BCUT2D eigenvalue weighted by Gasteiger charge is -2.32. The van der Waals surface area contributed by atoms with E-state index < -0.39 is 0 Å². The number of rotatable bonds is 8. The number of aromatic nitrogens is 4. The van der Waals surface area contributed by atoms with Crippen molar-refractivity contribution in [2.45, 2.75) is 26.6 Å². The van der Waals surface area contributed by atoms with E-state index in [0.29, 0.717) is 18.2 Å². The van der Waals surface area contributed by atoms with Gasteiger partial charge in [0.1, 0.15) is 18.1 Å². The second-order valence-corrected chi connectivity index (χ2v) is 10.8. The number of nitrogens with zero attached hydrogens (tertiary/aromatic N) is 5. The number of hydrogen-bond acceptors (Lipinski definition) is 5. The summed E-state index contributed by atoms with van der Waals surface area (Å²) in [6, 6.07) is 24.5. The Hall–Kier alpha value is -3.65. The number of benzene rings is 3. The van der Waals surface area contributed by atoms with Gasteiger partial charge in [0.25, 0.3) is 0 Å². The fourth-order valence-corrected chi connectivity index (χ4v) is 5.23. The third-order valence-electron chi connectivity index (χ3n) is 7.35. The maximum Gasteiger partial charge on any atom is 0.159 e. The number of hydrogen-bond donors (Lipinski definition) is 1. The highest BCUT2D eigenvalue weighted by atomic mass is 35.5. The molecular weight excluding hydrogens is 508 g/mol. The van der Waals surface area contributed by atoms with E-state index in [1.165, 1.54) is 5.56 Å². The van der Waals surface area contributed by atoms with Crippen molar-refractivity contribution in [1.82, 2.24) is 29.5 Å². The quantitative estimate of drug-likeness (QED) is 0.271. The number of aromatic amines is 1. The summed E-state index contributed by atoms with van der Waals surface area (Å²) < 4.78 is 8.14. The molecule has 3 aromatic carbocycles. The molecule has 0 unspecified atom stereocenters. The van der Waals surface area contributed by atoms with Crippen molar-refractivity contribution in [3.63, 3.8) is 0 Å². The van der Waals surface area contributed by atoms with Gasteiger partial charge in [-0.3, -0.25) is 9.58 Å². The van der Waals surface area contributed by atoms with Gasteiger partial charge in [0.05, 0.1) is 17.6 Å². The van der Waals surface area contributed by atoms with Gasteiger partial charge in [0, 0.05) is 49.0 Å². The Balaban J connectivity index is 1.19. The Morgan fingerprint density at radius 3 is 2.54 bits per heavy atom. The Labute approximate surface area is 234 Å². The van der Waals surface area contributed by atoms with Gasteiger partial charge in [-0.15, -0.1) is 0 Å². The molecule has 0 amide bonds. The number of aryl methyl sites for hydroxylation is 1. The fraction of sp³-hybridized carbons (Fsp3) is 0.290. The van der Waals surface area contributed by atoms with E-state index in [1.807, 2.05) is 41.1 Å². The Bertz CT molecular complexity index is 1570. The topological polar surface area (TPSA) is 62.2 Å². The highest BCUT2D eigenvalue weighted by molar-refractivity contribution is 6.30. The molecule has 0 aliphatic carbocycles. The summed E-state index contributed by atoms with van der Waals surface area (Å²) in [7, 11) is 2.19. The van der Waals surface area contributed by atoms with Crippen molar-refractivity contribution in [3.8, 4) is 17.3 Å². The van der Waals surface area contributed by atoms with Crippen LogP contribution in [0.4, 0.5) is 0 Å². The predicted octanol–water partition coefficient (Wildman–Crippen LogP) is 5.76. The minimum Gasteiger partial charge on any atom is -0.489 e. The van der Waals surface area contributed by atoms with Crippen LogP contribution in [0.5, 0.6) is 5.75 Å². The lowest BCUT2D eigenvalue weighted by Crippen LogP contribution is -2.43. The lowest BCUT2D eigenvalue weighted by molar-refractivity contribution is 0.148. The third kappa shape index (κ3) is 6.01. The number of H-pyrrole nitrogens is 1. The molecule has 3 heterocycles.